The van der Waals surface area contributed by atoms with Crippen LogP contribution in [0.2, 0.25) is 5.02 Å². The highest BCUT2D eigenvalue weighted by molar-refractivity contribution is 6.31. The Hall–Kier alpha value is -2.18. The van der Waals surface area contributed by atoms with Crippen molar-refractivity contribution in [1.82, 2.24) is 0 Å². The molecular formula is C15H14ClN3. The van der Waals surface area contributed by atoms with Crippen LogP contribution in [0.4, 0.5) is 11.4 Å². The van der Waals surface area contributed by atoms with Crippen LogP contribution in [0, 0.1) is 11.3 Å². The molecule has 0 saturated heterocycles. The Morgan fingerprint density at radius 3 is 2.63 bits per heavy atom. The lowest BCUT2D eigenvalue weighted by molar-refractivity contribution is 0.886. The van der Waals surface area contributed by atoms with E-state index >= 15 is 0 Å². The summed E-state index contributed by atoms with van der Waals surface area (Å²) in [7, 11) is 0. The van der Waals surface area contributed by atoms with E-state index in [1.165, 1.54) is 0 Å². The van der Waals surface area contributed by atoms with Crippen molar-refractivity contribution in [2.45, 2.75) is 13.0 Å². The summed E-state index contributed by atoms with van der Waals surface area (Å²) < 4.78 is 0. The number of nitrogen functional groups attached to an aromatic ring is 1. The van der Waals surface area contributed by atoms with Crippen molar-refractivity contribution in [3.05, 3.63) is 58.6 Å². The van der Waals surface area contributed by atoms with E-state index in [1.807, 2.05) is 31.2 Å². The van der Waals surface area contributed by atoms with Crippen molar-refractivity contribution in [3.8, 4) is 6.07 Å². The monoisotopic (exact) mass is 271 g/mol. The van der Waals surface area contributed by atoms with Gasteiger partial charge in [-0.15, -0.1) is 0 Å². The Balaban J connectivity index is 2.22. The predicted molar refractivity (Wildman–Crippen MR) is 79.1 cm³/mol. The molecule has 0 spiro atoms. The minimum Gasteiger partial charge on any atom is -0.397 e. The number of hydrogen-bond acceptors (Lipinski definition) is 3. The molecule has 2 rings (SSSR count). The van der Waals surface area contributed by atoms with Gasteiger partial charge in [0.05, 0.1) is 29.0 Å². The van der Waals surface area contributed by atoms with E-state index in [2.05, 4.69) is 11.4 Å². The van der Waals surface area contributed by atoms with Crippen LogP contribution in [0.15, 0.2) is 42.5 Å². The van der Waals surface area contributed by atoms with E-state index in [0.717, 1.165) is 16.3 Å². The molecule has 3 N–H and O–H groups in total. The van der Waals surface area contributed by atoms with Crippen molar-refractivity contribution >= 4 is 23.0 Å². The smallest absolute Gasteiger partial charge is 0.0992 e. The fourth-order valence-electron chi connectivity index (χ4n) is 1.90. The van der Waals surface area contributed by atoms with Gasteiger partial charge < -0.3 is 11.1 Å². The van der Waals surface area contributed by atoms with Gasteiger partial charge in [-0.2, -0.15) is 5.26 Å². The lowest BCUT2D eigenvalue weighted by Crippen LogP contribution is -2.09. The lowest BCUT2D eigenvalue weighted by Gasteiger charge is -2.18. The first-order chi connectivity index (χ1) is 9.11. The molecule has 0 amide bonds. The van der Waals surface area contributed by atoms with Gasteiger partial charge in [-0.05, 0) is 36.8 Å². The van der Waals surface area contributed by atoms with Gasteiger partial charge in [0.15, 0.2) is 0 Å². The number of nitrogens with two attached hydrogens (primary N) is 1. The molecule has 19 heavy (non-hydrogen) atoms. The summed E-state index contributed by atoms with van der Waals surface area (Å²) in [6.45, 7) is 2.01. The molecular weight excluding hydrogens is 258 g/mol. The Kier molecular flexibility index (Phi) is 3.94. The summed E-state index contributed by atoms with van der Waals surface area (Å²) in [5.41, 5.74) is 8.82. The minimum absolute atomic E-state index is 0.0314. The zero-order chi connectivity index (χ0) is 13.8. The van der Waals surface area contributed by atoms with Gasteiger partial charge in [0.25, 0.3) is 0 Å². The van der Waals surface area contributed by atoms with Gasteiger partial charge in [0.1, 0.15) is 0 Å². The summed E-state index contributed by atoms with van der Waals surface area (Å²) in [6.07, 6.45) is 0. The summed E-state index contributed by atoms with van der Waals surface area (Å²) in [4.78, 5) is 0. The second-order valence-electron chi connectivity index (χ2n) is 4.30. The van der Waals surface area contributed by atoms with Crippen LogP contribution in [-0.4, -0.2) is 0 Å². The molecule has 0 saturated carbocycles. The Morgan fingerprint density at radius 2 is 2.00 bits per heavy atom. The van der Waals surface area contributed by atoms with Crippen molar-refractivity contribution in [1.29, 1.82) is 5.26 Å². The first-order valence-electron chi connectivity index (χ1n) is 5.92. The quantitative estimate of drug-likeness (QED) is 0.831. The molecule has 0 aliphatic carbocycles. The second kappa shape index (κ2) is 5.64. The van der Waals surface area contributed by atoms with E-state index < -0.39 is 0 Å². The zero-order valence-electron chi connectivity index (χ0n) is 10.5. The Morgan fingerprint density at radius 1 is 1.26 bits per heavy atom. The van der Waals surface area contributed by atoms with Crippen LogP contribution in [-0.2, 0) is 0 Å². The zero-order valence-corrected chi connectivity index (χ0v) is 11.3. The number of hydrogen-bond donors (Lipinski definition) is 2. The Labute approximate surface area is 117 Å². The van der Waals surface area contributed by atoms with Gasteiger partial charge in [0.2, 0.25) is 0 Å². The van der Waals surface area contributed by atoms with Crippen LogP contribution >= 0.6 is 11.6 Å². The van der Waals surface area contributed by atoms with Gasteiger partial charge >= 0.3 is 0 Å². The summed E-state index contributed by atoms with van der Waals surface area (Å²) in [5.74, 6) is 0. The summed E-state index contributed by atoms with van der Waals surface area (Å²) in [6, 6.07) is 15.0. The topological polar surface area (TPSA) is 61.8 Å². The molecule has 0 radical (unpaired) electrons. The fourth-order valence-corrected chi connectivity index (χ4v) is 2.20. The van der Waals surface area contributed by atoms with E-state index in [4.69, 9.17) is 22.6 Å². The molecule has 3 nitrogen and oxygen atoms in total. The van der Waals surface area contributed by atoms with Crippen LogP contribution in [0.25, 0.3) is 0 Å². The normalized spacial score (nSPS) is 11.6. The number of nitrogens with one attached hydrogen (secondary N) is 1. The van der Waals surface area contributed by atoms with Crippen molar-refractivity contribution < 1.29 is 0 Å². The lowest BCUT2D eigenvalue weighted by atomic mass is 10.1. The highest BCUT2D eigenvalue weighted by Gasteiger charge is 2.10. The minimum atomic E-state index is 0.0314. The maximum atomic E-state index is 8.81. The molecule has 0 aromatic heterocycles. The first-order valence-corrected chi connectivity index (χ1v) is 6.30. The molecule has 0 fully saturated rings. The number of nitrogens with zero attached hydrogens (tertiary/aromatic N) is 1. The fraction of sp³-hybridized carbons (Fsp3) is 0.133. The molecule has 4 heteroatoms. The van der Waals surface area contributed by atoms with Crippen molar-refractivity contribution in [2.75, 3.05) is 11.1 Å². The molecule has 96 valence electrons. The van der Waals surface area contributed by atoms with Crippen LogP contribution in [0.3, 0.4) is 0 Å². The number of nitriles is 1. The van der Waals surface area contributed by atoms with Crippen molar-refractivity contribution in [2.24, 2.45) is 0 Å². The van der Waals surface area contributed by atoms with Crippen LogP contribution in [0.1, 0.15) is 24.1 Å². The molecule has 2 aromatic rings. The van der Waals surface area contributed by atoms with E-state index in [9.17, 15) is 0 Å². The van der Waals surface area contributed by atoms with Crippen LogP contribution in [0.5, 0.6) is 0 Å². The third kappa shape index (κ3) is 2.98. The molecule has 0 heterocycles. The van der Waals surface area contributed by atoms with Crippen molar-refractivity contribution in [3.63, 3.8) is 0 Å². The first kappa shape index (κ1) is 13.3. The van der Waals surface area contributed by atoms with E-state index in [-0.39, 0.29) is 6.04 Å². The molecule has 0 aliphatic rings. The maximum Gasteiger partial charge on any atom is 0.0992 e. The van der Waals surface area contributed by atoms with Gasteiger partial charge in [-0.25, -0.2) is 0 Å². The third-order valence-electron chi connectivity index (χ3n) is 2.92. The van der Waals surface area contributed by atoms with Crippen LogP contribution < -0.4 is 11.1 Å². The van der Waals surface area contributed by atoms with Gasteiger partial charge in [-0.3, -0.25) is 0 Å². The second-order valence-corrected chi connectivity index (χ2v) is 4.71. The number of anilines is 2. The van der Waals surface area contributed by atoms with Gasteiger partial charge in [0, 0.05) is 5.02 Å². The number of halogens is 1. The van der Waals surface area contributed by atoms with E-state index in [0.29, 0.717) is 11.3 Å². The average Bonchev–Trinajstić information content (AvgIpc) is 2.41. The molecule has 1 atom stereocenters. The van der Waals surface area contributed by atoms with E-state index in [1.54, 1.807) is 18.2 Å². The molecule has 0 aliphatic heterocycles. The maximum absolute atomic E-state index is 8.81. The average molecular weight is 272 g/mol. The standard InChI is InChI=1S/C15H14ClN3/c1-10(12-4-2-3-5-13(12)16)19-15-7-6-11(9-17)8-14(15)18/h2-8,10,19H,18H2,1H3. The highest BCUT2D eigenvalue weighted by atomic mass is 35.5. The largest absolute Gasteiger partial charge is 0.397 e. The van der Waals surface area contributed by atoms with Gasteiger partial charge in [-0.1, -0.05) is 29.8 Å². The molecule has 0 bridgehead atoms. The number of benzene rings is 2. The summed E-state index contributed by atoms with van der Waals surface area (Å²) >= 11 is 6.16. The number of rotatable bonds is 3. The molecule has 2 aromatic carbocycles. The SMILES string of the molecule is CC(Nc1ccc(C#N)cc1N)c1ccccc1Cl. The Bertz CT molecular complexity index is 632. The third-order valence-corrected chi connectivity index (χ3v) is 3.27. The molecule has 1 unspecified atom stereocenters. The summed E-state index contributed by atoms with van der Waals surface area (Å²) in [5, 5.41) is 12.8. The predicted octanol–water partition coefficient (Wildman–Crippen LogP) is 3.97. The highest BCUT2D eigenvalue weighted by Crippen LogP contribution is 2.28.